The van der Waals surface area contributed by atoms with E-state index in [0.717, 1.165) is 16.6 Å². The lowest BCUT2D eigenvalue weighted by Crippen LogP contribution is -2.27. The predicted molar refractivity (Wildman–Crippen MR) is 106 cm³/mol. The Morgan fingerprint density at radius 1 is 1.07 bits per heavy atom. The van der Waals surface area contributed by atoms with Crippen molar-refractivity contribution in [1.29, 1.82) is 0 Å². The third-order valence-corrected chi connectivity index (χ3v) is 4.32. The van der Waals surface area contributed by atoms with Crippen LogP contribution in [0.4, 0.5) is 5.69 Å². The highest BCUT2D eigenvalue weighted by atomic mass is 16.5. The zero-order chi connectivity index (χ0) is 19.4. The summed E-state index contributed by atoms with van der Waals surface area (Å²) in [5.41, 5.74) is 2.76. The number of benzene rings is 2. The van der Waals surface area contributed by atoms with E-state index in [2.05, 4.69) is 11.4 Å². The van der Waals surface area contributed by atoms with Gasteiger partial charge in [-0.2, -0.15) is 0 Å². The number of ether oxygens (including phenoxy) is 1. The lowest BCUT2D eigenvalue weighted by molar-refractivity contribution is -0.130. The van der Waals surface area contributed by atoms with Crippen molar-refractivity contribution in [2.24, 2.45) is 0 Å². The molecule has 3 rings (SSSR count). The second-order valence-corrected chi connectivity index (χ2v) is 6.58. The number of aromatic nitrogens is 1. The number of rotatable bonds is 6. The normalized spacial score (nSPS) is 10.6. The fourth-order valence-corrected chi connectivity index (χ4v) is 2.81. The zero-order valence-electron chi connectivity index (χ0n) is 15.7. The largest absolute Gasteiger partial charge is 0.484 e. The molecule has 2 amide bonds. The number of fused-ring (bicyclic) bond motifs is 1. The summed E-state index contributed by atoms with van der Waals surface area (Å²) in [6.07, 6.45) is 0. The van der Waals surface area contributed by atoms with Gasteiger partial charge < -0.3 is 19.5 Å². The van der Waals surface area contributed by atoms with Crippen molar-refractivity contribution in [2.75, 3.05) is 26.0 Å². The topological polar surface area (TPSA) is 63.6 Å². The first-order valence-corrected chi connectivity index (χ1v) is 8.72. The van der Waals surface area contributed by atoms with E-state index in [-0.39, 0.29) is 25.0 Å². The number of para-hydroxylation sites is 1. The van der Waals surface area contributed by atoms with Gasteiger partial charge in [0.05, 0.1) is 0 Å². The van der Waals surface area contributed by atoms with Crippen LogP contribution < -0.4 is 10.1 Å². The average molecular weight is 365 g/mol. The number of carbonyl (C=O) groups is 2. The number of nitrogens with one attached hydrogen (secondary N) is 1. The molecule has 0 atom stereocenters. The van der Waals surface area contributed by atoms with Gasteiger partial charge in [0.1, 0.15) is 12.3 Å². The van der Waals surface area contributed by atoms with Crippen LogP contribution in [0, 0.1) is 6.92 Å². The molecule has 1 aromatic heterocycles. The summed E-state index contributed by atoms with van der Waals surface area (Å²) in [6.45, 7) is 2.22. The number of hydrogen-bond acceptors (Lipinski definition) is 3. The highest BCUT2D eigenvalue weighted by molar-refractivity contribution is 5.92. The number of likely N-dealkylation sites (N-methyl/N-ethyl adjacent to an activating group) is 1. The maximum atomic E-state index is 12.4. The van der Waals surface area contributed by atoms with Gasteiger partial charge in [0.2, 0.25) is 5.91 Å². The maximum Gasteiger partial charge on any atom is 0.259 e. The van der Waals surface area contributed by atoms with E-state index in [1.807, 2.05) is 35.8 Å². The fraction of sp³-hybridized carbons (Fsp3) is 0.238. The van der Waals surface area contributed by atoms with Crippen molar-refractivity contribution in [2.45, 2.75) is 13.5 Å². The van der Waals surface area contributed by atoms with Gasteiger partial charge in [-0.05, 0) is 48.7 Å². The summed E-state index contributed by atoms with van der Waals surface area (Å²) < 4.78 is 7.43. The Hall–Kier alpha value is -3.28. The first-order valence-electron chi connectivity index (χ1n) is 8.72. The summed E-state index contributed by atoms with van der Waals surface area (Å²) in [5.74, 6) is 0.369. The highest BCUT2D eigenvalue weighted by Crippen LogP contribution is 2.20. The standard InChI is InChI=1S/C21H23N3O3/c1-15-12-16-6-4-5-7-19(16)24(15)13-20(25)22-17-8-10-18(11-9-17)27-14-21(26)23(2)3/h4-12H,13-14H2,1-3H3,(H,22,25). The molecule has 1 N–H and O–H groups in total. The van der Waals surface area contributed by atoms with Gasteiger partial charge in [0.15, 0.2) is 6.61 Å². The Morgan fingerprint density at radius 2 is 1.78 bits per heavy atom. The molecule has 1 heterocycles. The minimum Gasteiger partial charge on any atom is -0.484 e. The van der Waals surface area contributed by atoms with E-state index < -0.39 is 0 Å². The van der Waals surface area contributed by atoms with Crippen LogP contribution in [0.1, 0.15) is 5.69 Å². The number of aryl methyl sites for hydroxylation is 1. The Bertz CT molecular complexity index is 958. The summed E-state index contributed by atoms with van der Waals surface area (Å²) in [6, 6.07) is 17.1. The molecule has 27 heavy (non-hydrogen) atoms. The molecule has 3 aromatic rings. The monoisotopic (exact) mass is 365 g/mol. The molecular weight excluding hydrogens is 342 g/mol. The first kappa shape index (κ1) is 18.5. The van der Waals surface area contributed by atoms with Gasteiger partial charge in [-0.1, -0.05) is 18.2 Å². The van der Waals surface area contributed by atoms with Crippen LogP contribution in [0.3, 0.4) is 0 Å². The lowest BCUT2D eigenvalue weighted by atomic mass is 10.2. The van der Waals surface area contributed by atoms with E-state index in [9.17, 15) is 9.59 Å². The minimum atomic E-state index is -0.110. The highest BCUT2D eigenvalue weighted by Gasteiger charge is 2.10. The summed E-state index contributed by atoms with van der Waals surface area (Å²) in [4.78, 5) is 25.5. The van der Waals surface area contributed by atoms with E-state index >= 15 is 0 Å². The molecule has 2 aromatic carbocycles. The fourth-order valence-electron chi connectivity index (χ4n) is 2.81. The SMILES string of the molecule is Cc1cc2ccccc2n1CC(=O)Nc1ccc(OCC(=O)N(C)C)cc1. The Balaban J connectivity index is 1.61. The van der Waals surface area contributed by atoms with Crippen molar-refractivity contribution in [1.82, 2.24) is 9.47 Å². The van der Waals surface area contributed by atoms with E-state index in [1.54, 1.807) is 38.4 Å². The first-order chi connectivity index (χ1) is 12.9. The molecule has 0 aliphatic rings. The molecule has 0 saturated heterocycles. The number of hydrogen-bond donors (Lipinski definition) is 1. The average Bonchev–Trinajstić information content (AvgIpc) is 2.96. The van der Waals surface area contributed by atoms with Gasteiger partial charge in [-0.3, -0.25) is 9.59 Å². The van der Waals surface area contributed by atoms with Gasteiger partial charge in [0.25, 0.3) is 5.91 Å². The molecule has 0 spiro atoms. The van der Waals surface area contributed by atoms with Crippen LogP contribution in [0.25, 0.3) is 10.9 Å². The smallest absolute Gasteiger partial charge is 0.259 e. The molecule has 6 heteroatoms. The number of carbonyl (C=O) groups excluding carboxylic acids is 2. The van der Waals surface area contributed by atoms with Crippen LogP contribution >= 0.6 is 0 Å². The second-order valence-electron chi connectivity index (χ2n) is 6.58. The molecule has 0 radical (unpaired) electrons. The Kier molecular flexibility index (Phi) is 5.45. The van der Waals surface area contributed by atoms with E-state index in [1.165, 1.54) is 4.90 Å². The van der Waals surface area contributed by atoms with Gasteiger partial charge in [0, 0.05) is 31.0 Å². The van der Waals surface area contributed by atoms with Crippen molar-refractivity contribution in [3.63, 3.8) is 0 Å². The molecule has 0 fully saturated rings. The maximum absolute atomic E-state index is 12.4. The molecule has 0 aliphatic carbocycles. The zero-order valence-corrected chi connectivity index (χ0v) is 15.7. The second kappa shape index (κ2) is 7.95. The van der Waals surface area contributed by atoms with Gasteiger partial charge in [-0.15, -0.1) is 0 Å². The molecule has 140 valence electrons. The third-order valence-electron chi connectivity index (χ3n) is 4.32. The molecule has 0 aliphatic heterocycles. The van der Waals surface area contributed by atoms with E-state index in [0.29, 0.717) is 11.4 Å². The van der Waals surface area contributed by atoms with Crippen molar-refractivity contribution < 1.29 is 14.3 Å². The van der Waals surface area contributed by atoms with Crippen LogP contribution in [0.15, 0.2) is 54.6 Å². The quantitative estimate of drug-likeness (QED) is 0.730. The van der Waals surface area contributed by atoms with Crippen LogP contribution in [-0.4, -0.2) is 42.0 Å². The summed E-state index contributed by atoms with van der Waals surface area (Å²) in [5, 5.41) is 4.01. The van der Waals surface area contributed by atoms with Crippen LogP contribution in [0.5, 0.6) is 5.75 Å². The third kappa shape index (κ3) is 4.47. The number of nitrogens with zero attached hydrogens (tertiary/aromatic N) is 2. The lowest BCUT2D eigenvalue weighted by Gasteiger charge is -2.12. The minimum absolute atomic E-state index is 0.0152. The molecule has 0 bridgehead atoms. The van der Waals surface area contributed by atoms with Crippen molar-refractivity contribution >= 4 is 28.4 Å². The summed E-state index contributed by atoms with van der Waals surface area (Å²) >= 11 is 0. The van der Waals surface area contributed by atoms with Crippen LogP contribution in [-0.2, 0) is 16.1 Å². The van der Waals surface area contributed by atoms with Gasteiger partial charge in [-0.25, -0.2) is 0 Å². The predicted octanol–water partition coefficient (Wildman–Crippen LogP) is 3.06. The molecule has 6 nitrogen and oxygen atoms in total. The molecule has 0 unspecified atom stereocenters. The molecular formula is C21H23N3O3. The van der Waals surface area contributed by atoms with Crippen LogP contribution in [0.2, 0.25) is 0 Å². The number of anilines is 1. The van der Waals surface area contributed by atoms with Crippen molar-refractivity contribution in [3.8, 4) is 5.75 Å². The van der Waals surface area contributed by atoms with E-state index in [4.69, 9.17) is 4.74 Å². The van der Waals surface area contributed by atoms with Gasteiger partial charge >= 0.3 is 0 Å². The van der Waals surface area contributed by atoms with Crippen molar-refractivity contribution in [3.05, 3.63) is 60.3 Å². The summed E-state index contributed by atoms with van der Waals surface area (Å²) in [7, 11) is 3.36. The number of amides is 2. The Morgan fingerprint density at radius 3 is 2.48 bits per heavy atom. The Labute approximate surface area is 158 Å². The molecule has 0 saturated carbocycles.